The Morgan fingerprint density at radius 3 is 2.93 bits per heavy atom. The summed E-state index contributed by atoms with van der Waals surface area (Å²) in [4.78, 5) is 10.8. The second-order valence-corrected chi connectivity index (χ2v) is 4.19. The van der Waals surface area contributed by atoms with Gasteiger partial charge in [-0.2, -0.15) is 0 Å². The minimum absolute atomic E-state index is 0.205. The number of esters is 1. The highest BCUT2D eigenvalue weighted by Crippen LogP contribution is 2.22. The van der Waals surface area contributed by atoms with E-state index in [4.69, 9.17) is 11.6 Å². The molecular weight excluding hydrogens is 281 g/mol. The van der Waals surface area contributed by atoms with Crippen LogP contribution in [0.15, 0.2) is 22.7 Å². The second-order valence-electron chi connectivity index (χ2n) is 2.93. The number of nitrogens with one attached hydrogen (secondary N) is 1. The van der Waals surface area contributed by atoms with Gasteiger partial charge in [0.1, 0.15) is 0 Å². The maximum atomic E-state index is 10.8. The molecule has 0 aliphatic rings. The summed E-state index contributed by atoms with van der Waals surface area (Å²) in [5.41, 5.74) is 1.05. The fourth-order valence-corrected chi connectivity index (χ4v) is 1.57. The predicted octanol–water partition coefficient (Wildman–Crippen LogP) is 2.37. The van der Waals surface area contributed by atoms with Crippen LogP contribution in [0.25, 0.3) is 0 Å². The molecule has 15 heavy (non-hydrogen) atoms. The van der Waals surface area contributed by atoms with Gasteiger partial charge in [0.05, 0.1) is 18.7 Å². The first-order valence-electron chi connectivity index (χ1n) is 4.35. The van der Waals surface area contributed by atoms with E-state index in [2.05, 4.69) is 26.0 Å². The third-order valence-corrected chi connectivity index (χ3v) is 3.02. The molecule has 3 nitrogen and oxygen atoms in total. The molecule has 0 spiro atoms. The summed E-state index contributed by atoms with van der Waals surface area (Å²) >= 11 is 9.18. The number of carbonyl (C=O) groups is 1. The van der Waals surface area contributed by atoms with Crippen molar-refractivity contribution in [3.63, 3.8) is 0 Å². The molecule has 1 N–H and O–H groups in total. The van der Waals surface area contributed by atoms with Gasteiger partial charge in [-0.25, -0.2) is 0 Å². The van der Waals surface area contributed by atoms with Crippen LogP contribution in [0.4, 0.5) is 0 Å². The Hall–Kier alpha value is -0.580. The lowest BCUT2D eigenvalue weighted by atomic mass is 10.2. The van der Waals surface area contributed by atoms with E-state index in [1.54, 1.807) is 6.07 Å². The topological polar surface area (TPSA) is 38.3 Å². The van der Waals surface area contributed by atoms with Crippen molar-refractivity contribution < 1.29 is 9.53 Å². The molecule has 0 heterocycles. The molecule has 0 unspecified atom stereocenters. The maximum absolute atomic E-state index is 10.8. The van der Waals surface area contributed by atoms with Crippen LogP contribution in [-0.2, 0) is 16.1 Å². The minimum atomic E-state index is -0.275. The molecule has 0 atom stereocenters. The van der Waals surface area contributed by atoms with Crippen LogP contribution in [0.2, 0.25) is 5.02 Å². The van der Waals surface area contributed by atoms with Gasteiger partial charge in [0, 0.05) is 11.0 Å². The second kappa shape index (κ2) is 6.10. The van der Waals surface area contributed by atoms with Crippen molar-refractivity contribution in [3.8, 4) is 0 Å². The number of methoxy groups -OCH3 is 1. The molecule has 0 aromatic heterocycles. The zero-order valence-corrected chi connectivity index (χ0v) is 10.6. The van der Waals surface area contributed by atoms with E-state index in [1.807, 2.05) is 12.1 Å². The molecule has 1 aromatic carbocycles. The standard InChI is InChI=1S/C10H11BrClNO2/c1-15-10(14)6-13-5-7-2-3-9(12)8(11)4-7/h2-4,13H,5-6H2,1H3. The van der Waals surface area contributed by atoms with Gasteiger partial charge in [0.2, 0.25) is 0 Å². The van der Waals surface area contributed by atoms with E-state index in [0.717, 1.165) is 10.0 Å². The molecule has 0 saturated heterocycles. The highest BCUT2D eigenvalue weighted by atomic mass is 79.9. The molecule has 1 aromatic rings. The zero-order chi connectivity index (χ0) is 11.3. The summed E-state index contributed by atoms with van der Waals surface area (Å²) in [6.45, 7) is 0.807. The molecule has 0 aliphatic carbocycles. The molecule has 1 rings (SSSR count). The Morgan fingerprint density at radius 1 is 1.60 bits per heavy atom. The SMILES string of the molecule is COC(=O)CNCc1ccc(Cl)c(Br)c1. The van der Waals surface area contributed by atoms with Crippen LogP contribution >= 0.6 is 27.5 Å². The van der Waals surface area contributed by atoms with Gasteiger partial charge in [0.25, 0.3) is 0 Å². The van der Waals surface area contributed by atoms with Crippen molar-refractivity contribution in [2.45, 2.75) is 6.54 Å². The van der Waals surface area contributed by atoms with Crippen molar-refractivity contribution in [1.82, 2.24) is 5.32 Å². The molecule has 0 amide bonds. The number of halogens is 2. The summed E-state index contributed by atoms with van der Waals surface area (Å²) < 4.78 is 5.35. The largest absolute Gasteiger partial charge is 0.468 e. The molecule has 0 radical (unpaired) electrons. The van der Waals surface area contributed by atoms with Gasteiger partial charge < -0.3 is 10.1 Å². The average Bonchev–Trinajstić information content (AvgIpc) is 2.23. The lowest BCUT2D eigenvalue weighted by molar-refractivity contribution is -0.139. The molecule has 0 saturated carbocycles. The van der Waals surface area contributed by atoms with Gasteiger partial charge in [-0.05, 0) is 33.6 Å². The number of benzene rings is 1. The van der Waals surface area contributed by atoms with Crippen molar-refractivity contribution >= 4 is 33.5 Å². The number of rotatable bonds is 4. The fraction of sp³-hybridized carbons (Fsp3) is 0.300. The zero-order valence-electron chi connectivity index (χ0n) is 8.22. The Balaban J connectivity index is 2.44. The van der Waals surface area contributed by atoms with Crippen molar-refractivity contribution in [2.24, 2.45) is 0 Å². The fourth-order valence-electron chi connectivity index (χ4n) is 1.03. The number of carbonyl (C=O) groups excluding carboxylic acids is 1. The first kappa shape index (κ1) is 12.5. The molecule has 5 heteroatoms. The summed E-state index contributed by atoms with van der Waals surface area (Å²) in [5.74, 6) is -0.275. The Morgan fingerprint density at radius 2 is 2.33 bits per heavy atom. The van der Waals surface area contributed by atoms with Gasteiger partial charge in [0.15, 0.2) is 0 Å². The van der Waals surface area contributed by atoms with Crippen molar-refractivity contribution in [1.29, 1.82) is 0 Å². The van der Waals surface area contributed by atoms with Gasteiger partial charge in [-0.3, -0.25) is 4.79 Å². The highest BCUT2D eigenvalue weighted by molar-refractivity contribution is 9.10. The Labute approximate surface area is 102 Å². The third-order valence-electron chi connectivity index (χ3n) is 1.81. The van der Waals surface area contributed by atoms with Crippen LogP contribution in [0.1, 0.15) is 5.56 Å². The smallest absolute Gasteiger partial charge is 0.319 e. The molecular formula is C10H11BrClNO2. The van der Waals surface area contributed by atoms with E-state index in [1.165, 1.54) is 7.11 Å². The van der Waals surface area contributed by atoms with Gasteiger partial charge in [-0.1, -0.05) is 17.7 Å². The lowest BCUT2D eigenvalue weighted by Crippen LogP contribution is -2.23. The molecule has 0 aliphatic heterocycles. The van der Waals surface area contributed by atoms with Crippen LogP contribution in [-0.4, -0.2) is 19.6 Å². The monoisotopic (exact) mass is 291 g/mol. The number of ether oxygens (including phenoxy) is 1. The van der Waals surface area contributed by atoms with Crippen molar-refractivity contribution in [2.75, 3.05) is 13.7 Å². The molecule has 0 bridgehead atoms. The van der Waals surface area contributed by atoms with E-state index in [9.17, 15) is 4.79 Å². The summed E-state index contributed by atoms with van der Waals surface area (Å²) in [5, 5.41) is 3.63. The molecule has 0 fully saturated rings. The van der Waals surface area contributed by atoms with Crippen molar-refractivity contribution in [3.05, 3.63) is 33.3 Å². The number of hydrogen-bond donors (Lipinski definition) is 1. The van der Waals surface area contributed by atoms with E-state index in [-0.39, 0.29) is 12.5 Å². The average molecular weight is 293 g/mol. The normalized spacial score (nSPS) is 10.1. The van der Waals surface area contributed by atoms with Crippen LogP contribution in [0.3, 0.4) is 0 Å². The summed E-state index contributed by atoms with van der Waals surface area (Å²) in [6, 6.07) is 5.62. The summed E-state index contributed by atoms with van der Waals surface area (Å²) in [7, 11) is 1.36. The minimum Gasteiger partial charge on any atom is -0.468 e. The first-order valence-corrected chi connectivity index (χ1v) is 5.52. The van der Waals surface area contributed by atoms with Gasteiger partial charge in [-0.15, -0.1) is 0 Å². The van der Waals surface area contributed by atoms with E-state index >= 15 is 0 Å². The molecule has 82 valence electrons. The number of hydrogen-bond acceptors (Lipinski definition) is 3. The first-order chi connectivity index (χ1) is 7.13. The van der Waals surface area contributed by atoms with Gasteiger partial charge >= 0.3 is 5.97 Å². The predicted molar refractivity (Wildman–Crippen MR) is 62.9 cm³/mol. The Bertz CT molecular complexity index is 357. The van der Waals surface area contributed by atoms with Crippen LogP contribution < -0.4 is 5.32 Å². The highest BCUT2D eigenvalue weighted by Gasteiger charge is 2.01. The quantitative estimate of drug-likeness (QED) is 0.866. The third kappa shape index (κ3) is 4.20. The summed E-state index contributed by atoms with van der Waals surface area (Å²) in [6.07, 6.45) is 0. The Kier molecular flexibility index (Phi) is 5.08. The van der Waals surface area contributed by atoms with E-state index < -0.39 is 0 Å². The lowest BCUT2D eigenvalue weighted by Gasteiger charge is -2.04. The maximum Gasteiger partial charge on any atom is 0.319 e. The van der Waals surface area contributed by atoms with Crippen LogP contribution in [0.5, 0.6) is 0 Å². The van der Waals surface area contributed by atoms with Crippen LogP contribution in [0, 0.1) is 0 Å². The van der Waals surface area contributed by atoms with E-state index in [0.29, 0.717) is 11.6 Å².